The third-order valence-corrected chi connectivity index (χ3v) is 9.75. The van der Waals surface area contributed by atoms with E-state index in [4.69, 9.17) is 4.42 Å². The summed E-state index contributed by atoms with van der Waals surface area (Å²) < 4.78 is 8.81. The van der Waals surface area contributed by atoms with Crippen LogP contribution in [0.1, 0.15) is 0 Å². The predicted molar refractivity (Wildman–Crippen MR) is 206 cm³/mol. The van der Waals surface area contributed by atoms with E-state index in [1.54, 1.807) is 0 Å². The van der Waals surface area contributed by atoms with Crippen molar-refractivity contribution in [3.8, 4) is 27.9 Å². The van der Waals surface area contributed by atoms with Crippen LogP contribution in [0.5, 0.6) is 0 Å². The molecule has 10 aromatic rings. The Labute approximate surface area is 283 Å². The third-order valence-electron chi connectivity index (χ3n) is 9.75. The zero-order valence-electron chi connectivity index (χ0n) is 26.6. The van der Waals surface area contributed by atoms with Gasteiger partial charge in [0.2, 0.25) is 0 Å². The summed E-state index contributed by atoms with van der Waals surface area (Å²) in [6.45, 7) is 0. The van der Waals surface area contributed by atoms with E-state index < -0.39 is 0 Å². The number of para-hydroxylation sites is 3. The van der Waals surface area contributed by atoms with Crippen LogP contribution in [-0.4, -0.2) is 4.57 Å². The number of hydrogen-bond donors (Lipinski definition) is 1. The summed E-state index contributed by atoms with van der Waals surface area (Å²) in [5.74, 6) is 0. The predicted octanol–water partition coefficient (Wildman–Crippen LogP) is 12.9. The van der Waals surface area contributed by atoms with Gasteiger partial charge in [-0.3, -0.25) is 0 Å². The summed E-state index contributed by atoms with van der Waals surface area (Å²) in [6, 6.07) is 62.6. The fourth-order valence-corrected chi connectivity index (χ4v) is 7.48. The van der Waals surface area contributed by atoms with Crippen molar-refractivity contribution in [3.05, 3.63) is 176 Å². The van der Waals surface area contributed by atoms with Gasteiger partial charge in [-0.1, -0.05) is 121 Å². The highest BCUT2D eigenvalue weighted by atomic mass is 16.3. The molecule has 49 heavy (non-hydrogen) atoms. The molecule has 1 N–H and O–H groups in total. The Morgan fingerprint density at radius 2 is 1.02 bits per heavy atom. The van der Waals surface area contributed by atoms with Gasteiger partial charge < -0.3 is 14.3 Å². The van der Waals surface area contributed by atoms with Gasteiger partial charge in [0, 0.05) is 32.9 Å². The average molecular weight is 627 g/mol. The second-order valence-corrected chi connectivity index (χ2v) is 12.7. The zero-order valence-corrected chi connectivity index (χ0v) is 26.6. The Balaban J connectivity index is 0.994. The van der Waals surface area contributed by atoms with Crippen molar-refractivity contribution in [2.24, 2.45) is 0 Å². The van der Waals surface area contributed by atoms with Gasteiger partial charge in [-0.15, -0.1) is 0 Å². The molecular formula is C46H30N2O. The second-order valence-electron chi connectivity index (χ2n) is 12.7. The van der Waals surface area contributed by atoms with Gasteiger partial charge in [0.25, 0.3) is 0 Å². The van der Waals surface area contributed by atoms with Crippen LogP contribution in [0.15, 0.2) is 180 Å². The molecule has 0 spiro atoms. The number of benzene rings is 8. The molecule has 0 saturated heterocycles. The van der Waals surface area contributed by atoms with Gasteiger partial charge >= 0.3 is 0 Å². The minimum absolute atomic E-state index is 0.872. The summed E-state index contributed by atoms with van der Waals surface area (Å²) in [5, 5.41) is 10.9. The van der Waals surface area contributed by atoms with Gasteiger partial charge in [-0.25, -0.2) is 0 Å². The number of hydrogen-bond acceptors (Lipinski definition) is 2. The van der Waals surface area contributed by atoms with E-state index in [1.165, 1.54) is 49.3 Å². The summed E-state index contributed by atoms with van der Waals surface area (Å²) in [6.07, 6.45) is 0. The molecule has 2 heterocycles. The van der Waals surface area contributed by atoms with Crippen molar-refractivity contribution in [1.82, 2.24) is 4.57 Å². The van der Waals surface area contributed by atoms with Crippen LogP contribution in [0.3, 0.4) is 0 Å². The Hall–Kier alpha value is -6.58. The number of nitrogens with zero attached hydrogens (tertiary/aromatic N) is 1. The quantitative estimate of drug-likeness (QED) is 0.206. The molecule has 0 atom stereocenters. The molecule has 230 valence electrons. The number of aromatic nitrogens is 1. The normalized spacial score (nSPS) is 11.7. The minimum atomic E-state index is 0.872. The summed E-state index contributed by atoms with van der Waals surface area (Å²) in [5.41, 5.74) is 12.0. The summed E-state index contributed by atoms with van der Waals surface area (Å²) in [7, 11) is 0. The van der Waals surface area contributed by atoms with Crippen molar-refractivity contribution in [2.75, 3.05) is 5.32 Å². The average Bonchev–Trinajstić information content (AvgIpc) is 3.72. The number of fused-ring (bicyclic) bond motifs is 8. The number of nitrogens with one attached hydrogen (secondary N) is 1. The fourth-order valence-electron chi connectivity index (χ4n) is 7.48. The Bertz CT molecular complexity index is 2800. The molecule has 10 rings (SSSR count). The maximum absolute atomic E-state index is 6.45. The zero-order chi connectivity index (χ0) is 32.3. The first-order valence-electron chi connectivity index (χ1n) is 16.7. The first-order chi connectivity index (χ1) is 24.3. The molecule has 0 unspecified atom stereocenters. The molecule has 0 aliphatic heterocycles. The molecule has 3 heteroatoms. The van der Waals surface area contributed by atoms with E-state index >= 15 is 0 Å². The third kappa shape index (κ3) is 4.51. The molecule has 0 saturated carbocycles. The molecule has 0 amide bonds. The minimum Gasteiger partial charge on any atom is -0.454 e. The lowest BCUT2D eigenvalue weighted by atomic mass is 9.98. The fraction of sp³-hybridized carbons (Fsp3) is 0. The van der Waals surface area contributed by atoms with E-state index in [2.05, 4.69) is 174 Å². The lowest BCUT2D eigenvalue weighted by Crippen LogP contribution is -1.93. The highest BCUT2D eigenvalue weighted by Crippen LogP contribution is 2.41. The Morgan fingerprint density at radius 3 is 1.78 bits per heavy atom. The van der Waals surface area contributed by atoms with Crippen LogP contribution < -0.4 is 5.32 Å². The van der Waals surface area contributed by atoms with Gasteiger partial charge in [0.1, 0.15) is 5.58 Å². The van der Waals surface area contributed by atoms with Gasteiger partial charge in [-0.2, -0.15) is 0 Å². The monoisotopic (exact) mass is 626 g/mol. The van der Waals surface area contributed by atoms with Crippen LogP contribution in [0.2, 0.25) is 0 Å². The first kappa shape index (κ1) is 27.5. The number of rotatable bonds is 5. The van der Waals surface area contributed by atoms with Crippen molar-refractivity contribution >= 4 is 65.9 Å². The summed E-state index contributed by atoms with van der Waals surface area (Å²) in [4.78, 5) is 0. The Kier molecular flexibility index (Phi) is 6.18. The van der Waals surface area contributed by atoms with E-state index in [1.807, 2.05) is 12.1 Å². The van der Waals surface area contributed by atoms with Crippen molar-refractivity contribution < 1.29 is 4.42 Å². The molecule has 3 nitrogen and oxygen atoms in total. The van der Waals surface area contributed by atoms with Crippen molar-refractivity contribution in [3.63, 3.8) is 0 Å². The van der Waals surface area contributed by atoms with E-state index in [-0.39, 0.29) is 0 Å². The van der Waals surface area contributed by atoms with Crippen LogP contribution in [-0.2, 0) is 0 Å². The van der Waals surface area contributed by atoms with Crippen LogP contribution >= 0.6 is 0 Å². The Morgan fingerprint density at radius 1 is 0.429 bits per heavy atom. The number of furan rings is 1. The van der Waals surface area contributed by atoms with E-state index in [0.717, 1.165) is 44.6 Å². The van der Waals surface area contributed by atoms with E-state index in [0.29, 0.717) is 0 Å². The van der Waals surface area contributed by atoms with Crippen LogP contribution in [0.25, 0.3) is 82.5 Å². The molecular weight excluding hydrogens is 597 g/mol. The van der Waals surface area contributed by atoms with Crippen molar-refractivity contribution in [1.29, 1.82) is 0 Å². The molecule has 8 aromatic carbocycles. The molecule has 0 aliphatic rings. The summed E-state index contributed by atoms with van der Waals surface area (Å²) >= 11 is 0. The van der Waals surface area contributed by atoms with Gasteiger partial charge in [-0.05, 0) is 87.6 Å². The molecule has 0 bridgehead atoms. The van der Waals surface area contributed by atoms with Gasteiger partial charge in [0.15, 0.2) is 5.58 Å². The van der Waals surface area contributed by atoms with E-state index in [9.17, 15) is 0 Å². The molecule has 0 fully saturated rings. The van der Waals surface area contributed by atoms with Gasteiger partial charge in [0.05, 0.1) is 16.7 Å². The molecule has 0 radical (unpaired) electrons. The largest absolute Gasteiger partial charge is 0.454 e. The molecule has 0 aliphatic carbocycles. The van der Waals surface area contributed by atoms with Crippen LogP contribution in [0.4, 0.5) is 11.4 Å². The number of anilines is 2. The van der Waals surface area contributed by atoms with Crippen LogP contribution in [0, 0.1) is 0 Å². The maximum atomic E-state index is 6.45. The second kappa shape index (κ2) is 11.0. The molecule has 2 aromatic heterocycles. The maximum Gasteiger partial charge on any atom is 0.159 e. The highest BCUT2D eigenvalue weighted by Gasteiger charge is 2.16. The first-order valence-corrected chi connectivity index (χ1v) is 16.7. The SMILES string of the molecule is c1cc(Nc2cc3ccccc3c3c2oc2ccccc23)cc(-c2cccc(-c3ccc(-n4c5ccccc5c5ccccc54)cc3)c2)c1. The lowest BCUT2D eigenvalue weighted by molar-refractivity contribution is 0.670. The van der Waals surface area contributed by atoms with Crippen molar-refractivity contribution in [2.45, 2.75) is 0 Å². The highest BCUT2D eigenvalue weighted by molar-refractivity contribution is 6.22. The lowest BCUT2D eigenvalue weighted by Gasteiger charge is -2.12. The smallest absolute Gasteiger partial charge is 0.159 e. The standard InChI is InChI=1S/C46H30N2O/c1-2-16-37-34(11-1)29-41(46-45(37)40-19-5-8-22-44(40)49-46)47-35-15-10-14-33(28-35)32-13-9-12-31(27-32)30-23-25-36(26-24-30)48-42-20-6-3-17-38(42)39-18-4-7-21-43(39)48/h1-29,47H. The topological polar surface area (TPSA) is 30.1 Å².